The maximum atomic E-state index is 13.7. The molecule has 15 heteroatoms. The number of nitrogens with one attached hydrogen (secondary N) is 6. The Balaban J connectivity index is 2.09. The topological polar surface area (TPSA) is 236 Å². The molecule has 0 radical (unpaired) electrons. The Kier molecular flexibility index (Phi) is 12.3. The highest BCUT2D eigenvalue weighted by Gasteiger charge is 2.36. The normalized spacial score (nSPS) is 23.5. The van der Waals surface area contributed by atoms with E-state index in [0.29, 0.717) is 5.56 Å². The van der Waals surface area contributed by atoms with Gasteiger partial charge in [0, 0.05) is 29.9 Å². The number of carboxylic acid groups (broad SMARTS) is 2. The van der Waals surface area contributed by atoms with Crippen molar-refractivity contribution in [1.82, 2.24) is 31.6 Å². The van der Waals surface area contributed by atoms with Crippen molar-refractivity contribution in [2.45, 2.75) is 90.0 Å². The van der Waals surface area contributed by atoms with Gasteiger partial charge in [0.2, 0.25) is 29.5 Å². The molecule has 1 aliphatic rings. The Morgan fingerprint density at radius 2 is 1.28 bits per heavy atom. The van der Waals surface area contributed by atoms with E-state index in [1.807, 2.05) is 32.0 Å². The summed E-state index contributed by atoms with van der Waals surface area (Å²) in [4.78, 5) is 93.8. The van der Waals surface area contributed by atoms with Crippen LogP contribution in [0.3, 0.4) is 0 Å². The van der Waals surface area contributed by atoms with Gasteiger partial charge in [-0.25, -0.2) is 0 Å². The molecule has 1 aromatic heterocycles. The molecule has 0 unspecified atom stereocenters. The number of carboxylic acids is 2. The van der Waals surface area contributed by atoms with E-state index in [4.69, 9.17) is 0 Å². The van der Waals surface area contributed by atoms with Gasteiger partial charge in [0.15, 0.2) is 0 Å². The highest BCUT2D eigenvalue weighted by Crippen LogP contribution is 2.20. The van der Waals surface area contributed by atoms with Gasteiger partial charge >= 0.3 is 11.9 Å². The number of para-hydroxylation sites is 1. The second kappa shape index (κ2) is 15.9. The first-order valence-corrected chi connectivity index (χ1v) is 15.2. The number of amides is 5. The molecular formula is C31H42N6O9. The summed E-state index contributed by atoms with van der Waals surface area (Å²) >= 11 is 0. The zero-order valence-corrected chi connectivity index (χ0v) is 26.2. The van der Waals surface area contributed by atoms with E-state index in [2.05, 4.69) is 31.6 Å². The van der Waals surface area contributed by atoms with Crippen LogP contribution in [-0.4, -0.2) is 86.9 Å². The number of fused-ring (bicyclic) bond motifs is 1. The van der Waals surface area contributed by atoms with Gasteiger partial charge in [0.25, 0.3) is 0 Å². The van der Waals surface area contributed by atoms with Gasteiger partial charge in [-0.15, -0.1) is 0 Å². The number of aromatic nitrogens is 1. The highest BCUT2D eigenvalue weighted by atomic mass is 16.4. The van der Waals surface area contributed by atoms with E-state index >= 15 is 0 Å². The summed E-state index contributed by atoms with van der Waals surface area (Å²) in [5.41, 5.74) is 1.43. The molecule has 1 saturated heterocycles. The summed E-state index contributed by atoms with van der Waals surface area (Å²) < 4.78 is 0. The van der Waals surface area contributed by atoms with Gasteiger partial charge in [-0.05, 0) is 36.3 Å². The monoisotopic (exact) mass is 642 g/mol. The lowest BCUT2D eigenvalue weighted by Crippen LogP contribution is -2.59. The predicted molar refractivity (Wildman–Crippen MR) is 165 cm³/mol. The molecule has 5 amide bonds. The van der Waals surface area contributed by atoms with Crippen LogP contribution in [0.15, 0.2) is 30.5 Å². The molecule has 3 rings (SSSR count). The summed E-state index contributed by atoms with van der Waals surface area (Å²) in [6.45, 7) is 6.99. The first-order valence-electron chi connectivity index (χ1n) is 15.2. The zero-order valence-electron chi connectivity index (χ0n) is 26.2. The lowest BCUT2D eigenvalue weighted by atomic mass is 9.98. The van der Waals surface area contributed by atoms with Crippen molar-refractivity contribution < 1.29 is 43.8 Å². The van der Waals surface area contributed by atoms with Crippen molar-refractivity contribution in [2.75, 3.05) is 0 Å². The lowest BCUT2D eigenvalue weighted by Gasteiger charge is -2.28. The van der Waals surface area contributed by atoms with Gasteiger partial charge < -0.3 is 41.8 Å². The maximum absolute atomic E-state index is 13.7. The van der Waals surface area contributed by atoms with Crippen LogP contribution in [0.4, 0.5) is 0 Å². The molecule has 15 nitrogen and oxygen atoms in total. The smallest absolute Gasteiger partial charge is 0.305 e. The number of carbonyl (C=O) groups is 7. The molecule has 0 bridgehead atoms. The van der Waals surface area contributed by atoms with E-state index in [1.54, 1.807) is 26.1 Å². The third-order valence-corrected chi connectivity index (χ3v) is 7.61. The summed E-state index contributed by atoms with van der Waals surface area (Å²) in [5, 5.41) is 32.2. The van der Waals surface area contributed by atoms with Gasteiger partial charge in [0.1, 0.15) is 30.2 Å². The molecule has 1 aromatic carbocycles. The quantitative estimate of drug-likeness (QED) is 0.176. The summed E-state index contributed by atoms with van der Waals surface area (Å²) in [6, 6.07) is 0.498. The molecule has 1 aliphatic heterocycles. The Morgan fingerprint density at radius 3 is 1.91 bits per heavy atom. The number of carbonyl (C=O) groups excluding carboxylic acids is 5. The standard InChI is InChI=1S/C31H42N6O9/c1-15(2)11-21-28(43)34-22(12-17-14-32-19-8-6-5-7-18(17)19)29(44)35-23(13-25(40)41)30(45)33-20(9-10-24(38)39)27(42)37-26(16(3)4)31(46)36-21/h5-8,14-16,20-23,26,32H,9-13H2,1-4H3,(H,33,45)(H,34,43)(H,35,44)(H,36,46)(H,37,42)(H,38,39)(H,40,41)/t20-,21-,22+,23+,26+/m1/s1. The third kappa shape index (κ3) is 9.78. The Labute approximate surface area is 265 Å². The minimum Gasteiger partial charge on any atom is -0.481 e. The second-order valence-electron chi connectivity index (χ2n) is 12.2. The van der Waals surface area contributed by atoms with Crippen LogP contribution in [0.25, 0.3) is 10.9 Å². The zero-order chi connectivity index (χ0) is 34.1. The van der Waals surface area contributed by atoms with Gasteiger partial charge in [-0.1, -0.05) is 45.9 Å². The van der Waals surface area contributed by atoms with Crippen molar-refractivity contribution in [3.63, 3.8) is 0 Å². The van der Waals surface area contributed by atoms with Crippen LogP contribution in [0, 0.1) is 11.8 Å². The van der Waals surface area contributed by atoms with E-state index in [9.17, 15) is 43.8 Å². The lowest BCUT2D eigenvalue weighted by molar-refractivity contribution is -0.141. The Bertz CT molecular complexity index is 1470. The fourth-order valence-corrected chi connectivity index (χ4v) is 5.22. The van der Waals surface area contributed by atoms with Crippen molar-refractivity contribution >= 4 is 52.4 Å². The number of rotatable bonds is 10. The Morgan fingerprint density at radius 1 is 0.717 bits per heavy atom. The van der Waals surface area contributed by atoms with Gasteiger partial charge in [-0.2, -0.15) is 0 Å². The van der Waals surface area contributed by atoms with Crippen molar-refractivity contribution in [3.8, 4) is 0 Å². The Hall–Kier alpha value is -4.95. The molecule has 8 N–H and O–H groups in total. The first kappa shape index (κ1) is 35.5. The first-order chi connectivity index (χ1) is 21.7. The highest BCUT2D eigenvalue weighted by molar-refractivity contribution is 5.99. The van der Waals surface area contributed by atoms with Crippen LogP contribution < -0.4 is 26.6 Å². The molecule has 250 valence electrons. The molecule has 5 atom stereocenters. The predicted octanol–water partition coefficient (Wildman–Crippen LogP) is 0.190. The third-order valence-electron chi connectivity index (χ3n) is 7.61. The van der Waals surface area contributed by atoms with Crippen LogP contribution in [0.2, 0.25) is 0 Å². The summed E-state index contributed by atoms with van der Waals surface area (Å²) in [6.07, 6.45) is 0.0118. The molecule has 2 aromatic rings. The van der Waals surface area contributed by atoms with Crippen molar-refractivity contribution in [1.29, 1.82) is 0 Å². The molecule has 0 spiro atoms. The molecule has 0 aliphatic carbocycles. The van der Waals surface area contributed by atoms with Crippen LogP contribution >= 0.6 is 0 Å². The molecule has 1 fully saturated rings. The van der Waals surface area contributed by atoms with E-state index in [1.165, 1.54) is 0 Å². The molecule has 2 heterocycles. The second-order valence-corrected chi connectivity index (χ2v) is 12.2. The van der Waals surface area contributed by atoms with Crippen molar-refractivity contribution in [3.05, 3.63) is 36.0 Å². The van der Waals surface area contributed by atoms with Gasteiger partial charge in [0.05, 0.1) is 6.42 Å². The fraction of sp³-hybridized carbons (Fsp3) is 0.516. The van der Waals surface area contributed by atoms with Crippen LogP contribution in [0.1, 0.15) is 58.9 Å². The number of hydrogen-bond acceptors (Lipinski definition) is 7. The van der Waals surface area contributed by atoms with Crippen LogP contribution in [0.5, 0.6) is 0 Å². The van der Waals surface area contributed by atoms with Crippen molar-refractivity contribution in [2.24, 2.45) is 11.8 Å². The minimum absolute atomic E-state index is 0.0543. The number of aromatic amines is 1. The minimum atomic E-state index is -1.69. The molecular weight excluding hydrogens is 600 g/mol. The van der Waals surface area contributed by atoms with E-state index < -0.39 is 90.4 Å². The number of H-pyrrole nitrogens is 1. The molecule has 0 saturated carbocycles. The fourth-order valence-electron chi connectivity index (χ4n) is 5.22. The largest absolute Gasteiger partial charge is 0.481 e. The number of aliphatic carboxylic acids is 2. The SMILES string of the molecule is CC(C)C[C@H]1NC(=O)[C@H](C(C)C)NC(=O)[C@@H](CCC(=O)O)NC(=O)[C@H](CC(=O)O)NC(=O)[C@H](Cc2c[nH]c3ccccc23)NC1=O. The number of hydrogen-bond donors (Lipinski definition) is 8. The van der Waals surface area contributed by atoms with Crippen LogP contribution in [-0.2, 0) is 40.0 Å². The van der Waals surface area contributed by atoms with E-state index in [0.717, 1.165) is 10.9 Å². The average Bonchev–Trinajstić information content (AvgIpc) is 3.38. The average molecular weight is 643 g/mol. The van der Waals surface area contributed by atoms with E-state index in [-0.39, 0.29) is 25.2 Å². The summed E-state index contributed by atoms with van der Waals surface area (Å²) in [5.74, 6) is -7.47. The van der Waals surface area contributed by atoms with Gasteiger partial charge in [-0.3, -0.25) is 33.6 Å². The molecule has 46 heavy (non-hydrogen) atoms. The summed E-state index contributed by atoms with van der Waals surface area (Å²) in [7, 11) is 0. The maximum Gasteiger partial charge on any atom is 0.305 e. The number of benzene rings is 1.